The van der Waals surface area contributed by atoms with Crippen molar-refractivity contribution in [3.63, 3.8) is 0 Å². The van der Waals surface area contributed by atoms with E-state index in [-0.39, 0.29) is 23.0 Å². The molecule has 0 radical (unpaired) electrons. The van der Waals surface area contributed by atoms with Crippen LogP contribution in [0, 0.1) is 10.1 Å². The molecule has 2 heterocycles. The van der Waals surface area contributed by atoms with Crippen molar-refractivity contribution in [2.45, 2.75) is 19.3 Å². The molecule has 1 fully saturated rings. The van der Waals surface area contributed by atoms with Crippen LogP contribution in [0.2, 0.25) is 0 Å². The summed E-state index contributed by atoms with van der Waals surface area (Å²) < 4.78 is 0. The number of piperidine rings is 1. The Bertz CT molecular complexity index is 483. The van der Waals surface area contributed by atoms with Crippen molar-refractivity contribution < 1.29 is 9.72 Å². The van der Waals surface area contributed by atoms with Gasteiger partial charge in [-0.25, -0.2) is 4.98 Å². The number of nitrogen functional groups attached to an aromatic ring is 1. The highest BCUT2D eigenvalue weighted by molar-refractivity contribution is 5.95. The molecular weight excluding hydrogens is 236 g/mol. The Kier molecular flexibility index (Phi) is 3.40. The summed E-state index contributed by atoms with van der Waals surface area (Å²) in [6.45, 7) is 1.38. The highest BCUT2D eigenvalue weighted by Crippen LogP contribution is 2.21. The molecule has 2 N–H and O–H groups in total. The van der Waals surface area contributed by atoms with Crippen LogP contribution in [0.3, 0.4) is 0 Å². The smallest absolute Gasteiger partial charge is 0.311 e. The maximum absolute atomic E-state index is 12.1. The fourth-order valence-electron chi connectivity index (χ4n) is 2.01. The second kappa shape index (κ2) is 4.99. The van der Waals surface area contributed by atoms with Gasteiger partial charge in [0.05, 0.1) is 10.5 Å². The first-order valence-corrected chi connectivity index (χ1v) is 5.79. The van der Waals surface area contributed by atoms with E-state index in [1.165, 1.54) is 12.3 Å². The molecule has 0 bridgehead atoms. The molecule has 1 amide bonds. The normalized spacial score (nSPS) is 15.4. The van der Waals surface area contributed by atoms with Gasteiger partial charge in [-0.3, -0.25) is 14.9 Å². The molecule has 0 aliphatic carbocycles. The lowest BCUT2D eigenvalue weighted by Gasteiger charge is -2.26. The first-order valence-electron chi connectivity index (χ1n) is 5.79. The monoisotopic (exact) mass is 250 g/mol. The number of amides is 1. The molecule has 7 nitrogen and oxygen atoms in total. The number of carbonyl (C=O) groups is 1. The molecule has 1 aromatic heterocycles. The first-order chi connectivity index (χ1) is 8.59. The van der Waals surface area contributed by atoms with E-state index in [2.05, 4.69) is 4.98 Å². The Hall–Kier alpha value is -2.18. The van der Waals surface area contributed by atoms with Crippen LogP contribution in [0.1, 0.15) is 29.6 Å². The minimum absolute atomic E-state index is 0.171. The minimum atomic E-state index is -0.630. The van der Waals surface area contributed by atoms with E-state index in [0.717, 1.165) is 19.3 Å². The van der Waals surface area contributed by atoms with Gasteiger partial charge in [-0.2, -0.15) is 0 Å². The number of likely N-dealkylation sites (tertiary alicyclic amines) is 1. The Morgan fingerprint density at radius 2 is 2.06 bits per heavy atom. The van der Waals surface area contributed by atoms with Crippen LogP contribution < -0.4 is 5.73 Å². The molecule has 96 valence electrons. The molecule has 0 unspecified atom stereocenters. The van der Waals surface area contributed by atoms with Gasteiger partial charge in [-0.15, -0.1) is 0 Å². The van der Waals surface area contributed by atoms with E-state index < -0.39 is 4.92 Å². The number of nitro groups is 1. The molecular formula is C11H14N4O3. The molecule has 1 aliphatic heterocycles. The van der Waals surface area contributed by atoms with Gasteiger partial charge in [0.1, 0.15) is 0 Å². The van der Waals surface area contributed by atoms with E-state index in [0.29, 0.717) is 13.1 Å². The van der Waals surface area contributed by atoms with Crippen LogP contribution in [0.5, 0.6) is 0 Å². The summed E-state index contributed by atoms with van der Waals surface area (Å²) in [5.41, 5.74) is 5.29. The van der Waals surface area contributed by atoms with Crippen molar-refractivity contribution in [3.05, 3.63) is 27.9 Å². The Morgan fingerprint density at radius 1 is 1.39 bits per heavy atom. The summed E-state index contributed by atoms with van der Waals surface area (Å²) in [5.74, 6) is -0.388. The summed E-state index contributed by atoms with van der Waals surface area (Å²) in [6.07, 6.45) is 4.34. The lowest BCUT2D eigenvalue weighted by Crippen LogP contribution is -2.35. The Labute approximate surface area is 104 Å². The second-order valence-corrected chi connectivity index (χ2v) is 4.24. The number of rotatable bonds is 2. The van der Waals surface area contributed by atoms with Crippen LogP contribution in [-0.4, -0.2) is 33.8 Å². The molecule has 2 rings (SSSR count). The predicted molar refractivity (Wildman–Crippen MR) is 65.1 cm³/mol. The van der Waals surface area contributed by atoms with Gasteiger partial charge in [-0.05, 0) is 19.3 Å². The van der Waals surface area contributed by atoms with Crippen molar-refractivity contribution in [1.29, 1.82) is 0 Å². The van der Waals surface area contributed by atoms with Crippen LogP contribution in [0.4, 0.5) is 11.5 Å². The molecule has 18 heavy (non-hydrogen) atoms. The molecule has 1 aromatic rings. The van der Waals surface area contributed by atoms with E-state index in [1.807, 2.05) is 0 Å². The van der Waals surface area contributed by atoms with Gasteiger partial charge >= 0.3 is 5.69 Å². The zero-order valence-corrected chi connectivity index (χ0v) is 9.83. The average molecular weight is 250 g/mol. The fourth-order valence-corrected chi connectivity index (χ4v) is 2.01. The van der Waals surface area contributed by atoms with E-state index in [4.69, 9.17) is 5.73 Å². The summed E-state index contributed by atoms with van der Waals surface area (Å²) in [5, 5.41) is 10.7. The number of anilines is 1. The highest BCUT2D eigenvalue weighted by Gasteiger charge is 2.22. The van der Waals surface area contributed by atoms with Crippen molar-refractivity contribution >= 4 is 17.4 Å². The maximum Gasteiger partial charge on any atom is 0.311 e. The number of pyridine rings is 1. The number of nitrogens with zero attached hydrogens (tertiary/aromatic N) is 3. The van der Waals surface area contributed by atoms with Gasteiger partial charge in [0, 0.05) is 25.4 Å². The zero-order chi connectivity index (χ0) is 13.1. The number of hydrogen-bond acceptors (Lipinski definition) is 5. The quantitative estimate of drug-likeness (QED) is 0.627. The average Bonchev–Trinajstić information content (AvgIpc) is 2.39. The molecule has 7 heteroatoms. The first kappa shape index (κ1) is 12.3. The van der Waals surface area contributed by atoms with Crippen LogP contribution in [-0.2, 0) is 0 Å². The molecule has 0 spiro atoms. The third-order valence-corrected chi connectivity index (χ3v) is 2.98. The fraction of sp³-hybridized carbons (Fsp3) is 0.455. The Morgan fingerprint density at radius 3 is 2.67 bits per heavy atom. The number of carbonyl (C=O) groups excluding carboxylic acids is 1. The Balaban J connectivity index is 2.24. The summed E-state index contributed by atoms with van der Waals surface area (Å²) in [4.78, 5) is 27.6. The largest absolute Gasteiger partial charge is 0.378 e. The summed E-state index contributed by atoms with van der Waals surface area (Å²) >= 11 is 0. The SMILES string of the molecule is Nc1ncc(C(=O)N2CCCCC2)cc1[N+](=O)[O-]. The number of hydrogen-bond donors (Lipinski definition) is 1. The van der Waals surface area contributed by atoms with Crippen molar-refractivity contribution in [1.82, 2.24) is 9.88 Å². The highest BCUT2D eigenvalue weighted by atomic mass is 16.6. The minimum Gasteiger partial charge on any atom is -0.378 e. The molecule has 1 aliphatic rings. The van der Waals surface area contributed by atoms with Crippen molar-refractivity contribution in [3.8, 4) is 0 Å². The third kappa shape index (κ3) is 2.39. The van der Waals surface area contributed by atoms with Gasteiger partial charge in [-0.1, -0.05) is 0 Å². The van der Waals surface area contributed by atoms with Crippen LogP contribution in [0.25, 0.3) is 0 Å². The summed E-state index contributed by atoms with van der Waals surface area (Å²) in [7, 11) is 0. The molecule has 1 saturated heterocycles. The lowest BCUT2D eigenvalue weighted by atomic mass is 10.1. The van der Waals surface area contributed by atoms with Gasteiger partial charge in [0.2, 0.25) is 5.82 Å². The topological polar surface area (TPSA) is 102 Å². The van der Waals surface area contributed by atoms with E-state index >= 15 is 0 Å². The van der Waals surface area contributed by atoms with Gasteiger partial charge < -0.3 is 10.6 Å². The number of nitrogens with two attached hydrogens (primary N) is 1. The number of aromatic nitrogens is 1. The maximum atomic E-state index is 12.1. The van der Waals surface area contributed by atoms with E-state index in [1.54, 1.807) is 4.90 Å². The third-order valence-electron chi connectivity index (χ3n) is 2.98. The standard InChI is InChI=1S/C11H14N4O3/c12-10-9(15(17)18)6-8(7-13-10)11(16)14-4-2-1-3-5-14/h6-7H,1-5H2,(H2,12,13). The van der Waals surface area contributed by atoms with Crippen molar-refractivity contribution in [2.75, 3.05) is 18.8 Å². The molecule has 0 aromatic carbocycles. The predicted octanol–water partition coefficient (Wildman–Crippen LogP) is 1.20. The van der Waals surface area contributed by atoms with Crippen LogP contribution in [0.15, 0.2) is 12.3 Å². The lowest BCUT2D eigenvalue weighted by molar-refractivity contribution is -0.384. The van der Waals surface area contributed by atoms with Gasteiger partial charge in [0.25, 0.3) is 5.91 Å². The second-order valence-electron chi connectivity index (χ2n) is 4.24. The summed E-state index contributed by atoms with van der Waals surface area (Å²) in [6, 6.07) is 1.19. The van der Waals surface area contributed by atoms with Crippen molar-refractivity contribution in [2.24, 2.45) is 0 Å². The molecule has 0 atom stereocenters. The van der Waals surface area contributed by atoms with Crippen LogP contribution >= 0.6 is 0 Å². The van der Waals surface area contributed by atoms with E-state index in [9.17, 15) is 14.9 Å². The zero-order valence-electron chi connectivity index (χ0n) is 9.83. The van der Waals surface area contributed by atoms with Gasteiger partial charge in [0.15, 0.2) is 0 Å². The molecule has 0 saturated carbocycles.